The van der Waals surface area contributed by atoms with E-state index in [1.807, 2.05) is 31.0 Å². The first-order chi connectivity index (χ1) is 9.11. The van der Waals surface area contributed by atoms with Gasteiger partial charge in [-0.05, 0) is 31.7 Å². The molecule has 5 heteroatoms. The van der Waals surface area contributed by atoms with E-state index in [4.69, 9.17) is 16.3 Å². The maximum Gasteiger partial charge on any atom is 0.254 e. The molecule has 1 aromatic rings. The molecule has 2 rings (SSSR count). The topological polar surface area (TPSA) is 41.6 Å². The molecule has 1 saturated heterocycles. The summed E-state index contributed by atoms with van der Waals surface area (Å²) >= 11 is 6.07. The van der Waals surface area contributed by atoms with E-state index in [1.165, 1.54) is 0 Å². The summed E-state index contributed by atoms with van der Waals surface area (Å²) in [5.41, 5.74) is 1.62. The zero-order valence-corrected chi connectivity index (χ0v) is 12.0. The number of nitrogens with one attached hydrogen (secondary N) is 1. The number of aryl methyl sites for hydroxylation is 1. The second kappa shape index (κ2) is 6.37. The molecule has 1 heterocycles. The summed E-state index contributed by atoms with van der Waals surface area (Å²) < 4.78 is 5.60. The Labute approximate surface area is 118 Å². The van der Waals surface area contributed by atoms with Crippen LogP contribution < -0.4 is 5.32 Å². The van der Waals surface area contributed by atoms with Gasteiger partial charge in [-0.3, -0.25) is 4.79 Å². The van der Waals surface area contributed by atoms with Gasteiger partial charge < -0.3 is 15.0 Å². The van der Waals surface area contributed by atoms with E-state index in [9.17, 15) is 4.79 Å². The van der Waals surface area contributed by atoms with E-state index in [2.05, 4.69) is 5.32 Å². The lowest BCUT2D eigenvalue weighted by molar-refractivity contribution is -0.0196. The minimum absolute atomic E-state index is 0.0197. The summed E-state index contributed by atoms with van der Waals surface area (Å²) in [4.78, 5) is 14.2. The predicted molar refractivity (Wildman–Crippen MR) is 75.8 cm³/mol. The smallest absolute Gasteiger partial charge is 0.254 e. The van der Waals surface area contributed by atoms with E-state index >= 15 is 0 Å². The van der Waals surface area contributed by atoms with Crippen LogP contribution in [0.5, 0.6) is 0 Å². The van der Waals surface area contributed by atoms with Gasteiger partial charge in [0, 0.05) is 30.2 Å². The Kier molecular flexibility index (Phi) is 4.80. The maximum atomic E-state index is 12.4. The third-order valence-electron chi connectivity index (χ3n) is 3.28. The monoisotopic (exact) mass is 282 g/mol. The zero-order valence-electron chi connectivity index (χ0n) is 11.3. The number of benzene rings is 1. The van der Waals surface area contributed by atoms with Gasteiger partial charge in [0.2, 0.25) is 0 Å². The molecular weight excluding hydrogens is 264 g/mol. The summed E-state index contributed by atoms with van der Waals surface area (Å²) in [6.45, 7) is 4.50. The van der Waals surface area contributed by atoms with Crippen LogP contribution in [0.15, 0.2) is 18.2 Å². The van der Waals surface area contributed by atoms with Crippen LogP contribution in [0.2, 0.25) is 5.02 Å². The van der Waals surface area contributed by atoms with Gasteiger partial charge >= 0.3 is 0 Å². The lowest BCUT2D eigenvalue weighted by Crippen LogP contribution is -2.48. The minimum Gasteiger partial charge on any atom is -0.373 e. The highest BCUT2D eigenvalue weighted by atomic mass is 35.5. The van der Waals surface area contributed by atoms with Crippen LogP contribution in [-0.4, -0.2) is 50.2 Å². The second-order valence-corrected chi connectivity index (χ2v) is 5.17. The highest BCUT2D eigenvalue weighted by Crippen LogP contribution is 2.18. The van der Waals surface area contributed by atoms with Crippen molar-refractivity contribution in [3.8, 4) is 0 Å². The van der Waals surface area contributed by atoms with E-state index in [0.29, 0.717) is 30.3 Å². The van der Waals surface area contributed by atoms with Gasteiger partial charge in [-0.2, -0.15) is 0 Å². The third-order valence-corrected chi connectivity index (χ3v) is 3.68. The van der Waals surface area contributed by atoms with Crippen molar-refractivity contribution in [2.24, 2.45) is 0 Å². The molecule has 0 bridgehead atoms. The Balaban J connectivity index is 2.08. The largest absolute Gasteiger partial charge is 0.373 e. The van der Waals surface area contributed by atoms with Gasteiger partial charge in [0.05, 0.1) is 12.7 Å². The fraction of sp³-hybridized carbons (Fsp3) is 0.500. The number of carbonyl (C=O) groups excluding carboxylic acids is 1. The molecule has 1 amide bonds. The Morgan fingerprint density at radius 3 is 3.05 bits per heavy atom. The summed E-state index contributed by atoms with van der Waals surface area (Å²) in [7, 11) is 1.88. The summed E-state index contributed by atoms with van der Waals surface area (Å²) in [6.07, 6.45) is 0.0589. The van der Waals surface area contributed by atoms with Gasteiger partial charge in [0.1, 0.15) is 0 Å². The Morgan fingerprint density at radius 2 is 2.37 bits per heavy atom. The number of halogens is 1. The fourth-order valence-electron chi connectivity index (χ4n) is 2.16. The molecule has 1 aliphatic heterocycles. The summed E-state index contributed by atoms with van der Waals surface area (Å²) in [5, 5.41) is 3.70. The molecule has 0 saturated carbocycles. The van der Waals surface area contributed by atoms with Crippen molar-refractivity contribution in [2.75, 3.05) is 33.3 Å². The first-order valence-corrected chi connectivity index (χ1v) is 6.81. The minimum atomic E-state index is 0.0197. The average Bonchev–Trinajstić information content (AvgIpc) is 2.42. The summed E-state index contributed by atoms with van der Waals surface area (Å²) in [5.74, 6) is 0.0197. The molecule has 4 nitrogen and oxygen atoms in total. The number of hydrogen-bond acceptors (Lipinski definition) is 3. The highest BCUT2D eigenvalue weighted by molar-refractivity contribution is 6.31. The molecule has 0 aromatic heterocycles. The molecule has 1 aliphatic rings. The quantitative estimate of drug-likeness (QED) is 0.918. The molecule has 1 N–H and O–H groups in total. The molecule has 1 unspecified atom stereocenters. The zero-order chi connectivity index (χ0) is 13.8. The van der Waals surface area contributed by atoms with E-state index in [-0.39, 0.29) is 12.0 Å². The van der Waals surface area contributed by atoms with Crippen LogP contribution in [0.1, 0.15) is 15.9 Å². The van der Waals surface area contributed by atoms with Gasteiger partial charge in [-0.1, -0.05) is 17.7 Å². The van der Waals surface area contributed by atoms with Crippen LogP contribution in [0, 0.1) is 6.92 Å². The molecule has 104 valence electrons. The fourth-order valence-corrected chi connectivity index (χ4v) is 2.34. The van der Waals surface area contributed by atoms with Gasteiger partial charge in [-0.15, -0.1) is 0 Å². The molecule has 0 radical (unpaired) electrons. The van der Waals surface area contributed by atoms with Gasteiger partial charge in [0.15, 0.2) is 0 Å². The maximum absolute atomic E-state index is 12.4. The predicted octanol–water partition coefficient (Wildman–Crippen LogP) is 1.71. The highest BCUT2D eigenvalue weighted by Gasteiger charge is 2.24. The van der Waals surface area contributed by atoms with Crippen molar-refractivity contribution in [2.45, 2.75) is 13.0 Å². The normalized spacial score (nSPS) is 19.5. The van der Waals surface area contributed by atoms with Crippen molar-refractivity contribution < 1.29 is 9.53 Å². The molecule has 0 aliphatic carbocycles. The molecule has 0 spiro atoms. The molecular formula is C14H19ClN2O2. The van der Waals surface area contributed by atoms with Crippen LogP contribution in [-0.2, 0) is 4.74 Å². The number of hydrogen-bond donors (Lipinski definition) is 1. The number of carbonyl (C=O) groups is 1. The Bertz CT molecular complexity index is 463. The SMILES string of the molecule is CNCC1CN(C(=O)c2ccc(C)c(Cl)c2)CCO1. The van der Waals surface area contributed by atoms with Gasteiger partial charge in [0.25, 0.3) is 5.91 Å². The molecule has 1 fully saturated rings. The van der Waals surface area contributed by atoms with Crippen molar-refractivity contribution in [1.29, 1.82) is 0 Å². The second-order valence-electron chi connectivity index (χ2n) is 4.77. The standard InChI is InChI=1S/C14H19ClN2O2/c1-10-3-4-11(7-13(10)15)14(18)17-5-6-19-12(9-17)8-16-2/h3-4,7,12,16H,5-6,8-9H2,1-2H3. The van der Waals surface area contributed by atoms with Crippen LogP contribution in [0.3, 0.4) is 0 Å². The molecule has 1 aromatic carbocycles. The molecule has 1 atom stereocenters. The third kappa shape index (κ3) is 3.47. The Hall–Kier alpha value is -1.10. The number of nitrogens with zero attached hydrogens (tertiary/aromatic N) is 1. The van der Waals surface area contributed by atoms with Crippen molar-refractivity contribution in [1.82, 2.24) is 10.2 Å². The van der Waals surface area contributed by atoms with Crippen LogP contribution in [0.4, 0.5) is 0 Å². The number of amides is 1. The lowest BCUT2D eigenvalue weighted by Gasteiger charge is -2.33. The van der Waals surface area contributed by atoms with Crippen LogP contribution >= 0.6 is 11.6 Å². The number of ether oxygens (including phenoxy) is 1. The number of likely N-dealkylation sites (N-methyl/N-ethyl adjacent to an activating group) is 1. The Morgan fingerprint density at radius 1 is 1.58 bits per heavy atom. The van der Waals surface area contributed by atoms with Gasteiger partial charge in [-0.25, -0.2) is 0 Å². The van der Waals surface area contributed by atoms with Crippen LogP contribution in [0.25, 0.3) is 0 Å². The first-order valence-electron chi connectivity index (χ1n) is 6.43. The number of rotatable bonds is 3. The van der Waals surface area contributed by atoms with Crippen molar-refractivity contribution >= 4 is 17.5 Å². The van der Waals surface area contributed by atoms with E-state index in [1.54, 1.807) is 6.07 Å². The lowest BCUT2D eigenvalue weighted by atomic mass is 10.1. The van der Waals surface area contributed by atoms with E-state index < -0.39 is 0 Å². The van der Waals surface area contributed by atoms with Crippen molar-refractivity contribution in [3.05, 3.63) is 34.3 Å². The average molecular weight is 283 g/mol. The van der Waals surface area contributed by atoms with Crippen molar-refractivity contribution in [3.63, 3.8) is 0 Å². The summed E-state index contributed by atoms with van der Waals surface area (Å²) in [6, 6.07) is 5.44. The molecule has 19 heavy (non-hydrogen) atoms. The number of morpholine rings is 1. The van der Waals surface area contributed by atoms with E-state index in [0.717, 1.165) is 12.1 Å². The first kappa shape index (κ1) is 14.3.